The van der Waals surface area contributed by atoms with Gasteiger partial charge in [-0.05, 0) is 44.4 Å². The fraction of sp³-hybridized carbons (Fsp3) is 0.611. The second-order valence-electron chi connectivity index (χ2n) is 6.71. The molecule has 0 spiro atoms. The molecule has 24 heavy (non-hydrogen) atoms. The molecule has 2 aromatic rings. The van der Waals surface area contributed by atoms with E-state index in [0.717, 1.165) is 42.2 Å². The lowest BCUT2D eigenvalue weighted by molar-refractivity contribution is 0.0948. The fourth-order valence-corrected chi connectivity index (χ4v) is 5.55. The highest BCUT2D eigenvalue weighted by atomic mass is 32.1. The second kappa shape index (κ2) is 6.92. The van der Waals surface area contributed by atoms with E-state index in [9.17, 15) is 4.79 Å². The first kappa shape index (κ1) is 16.2. The van der Waals surface area contributed by atoms with E-state index in [-0.39, 0.29) is 5.91 Å². The maximum Gasteiger partial charge on any atom is 0.271 e. The molecule has 0 unspecified atom stereocenters. The number of aryl methyl sites for hydroxylation is 2. The summed E-state index contributed by atoms with van der Waals surface area (Å²) in [6.45, 7) is 2.92. The molecule has 1 saturated carbocycles. The number of nitrogens with one attached hydrogen (secondary N) is 1. The van der Waals surface area contributed by atoms with Crippen LogP contribution >= 0.6 is 22.7 Å². The Balaban J connectivity index is 1.55. The Bertz CT molecular complexity index is 724. The van der Waals surface area contributed by atoms with Crippen LogP contribution in [0.15, 0.2) is 0 Å². The van der Waals surface area contributed by atoms with Gasteiger partial charge in [-0.1, -0.05) is 19.8 Å². The van der Waals surface area contributed by atoms with Gasteiger partial charge in [-0.2, -0.15) is 0 Å². The summed E-state index contributed by atoms with van der Waals surface area (Å²) in [5.41, 5.74) is 1.91. The van der Waals surface area contributed by atoms with E-state index in [2.05, 4.69) is 12.2 Å². The number of carbonyl (C=O) groups excluding carboxylic acids is 1. The van der Waals surface area contributed by atoms with E-state index in [4.69, 9.17) is 9.97 Å². The number of hydrogen-bond acceptors (Lipinski definition) is 5. The number of carbonyl (C=O) groups is 1. The largest absolute Gasteiger partial charge is 0.351 e. The number of unbranched alkanes of at least 4 members (excludes halogenated alkanes) is 2. The molecule has 2 aliphatic rings. The number of nitrogens with zero attached hydrogens (tertiary/aromatic N) is 2. The molecule has 4 rings (SSSR count). The molecule has 4 nitrogen and oxygen atoms in total. The molecule has 0 saturated heterocycles. The van der Waals surface area contributed by atoms with Crippen molar-refractivity contribution in [3.8, 4) is 10.0 Å². The zero-order valence-corrected chi connectivity index (χ0v) is 15.7. The minimum absolute atomic E-state index is 0.000370. The van der Waals surface area contributed by atoms with Crippen LogP contribution in [0.4, 0.5) is 0 Å². The van der Waals surface area contributed by atoms with Crippen LogP contribution in [-0.2, 0) is 12.8 Å². The molecule has 0 bridgehead atoms. The van der Waals surface area contributed by atoms with Gasteiger partial charge < -0.3 is 5.32 Å². The maximum absolute atomic E-state index is 12.6. The summed E-state index contributed by atoms with van der Waals surface area (Å²) in [6, 6.07) is 0. The summed E-state index contributed by atoms with van der Waals surface area (Å²) in [7, 11) is 0. The number of hydrogen-bond donors (Lipinski definition) is 1. The highest BCUT2D eigenvalue weighted by Gasteiger charge is 2.32. The van der Waals surface area contributed by atoms with Gasteiger partial charge in [0.05, 0.1) is 5.69 Å². The van der Waals surface area contributed by atoms with E-state index < -0.39 is 0 Å². The molecule has 0 aliphatic heterocycles. The van der Waals surface area contributed by atoms with E-state index in [0.29, 0.717) is 11.6 Å². The SMILES string of the molecule is CCCCCNC(=O)c1nc(-c2nc3c(s2)CCC3)sc1C1CC1. The third-order valence-electron chi connectivity index (χ3n) is 4.66. The van der Waals surface area contributed by atoms with Crippen molar-refractivity contribution in [2.75, 3.05) is 6.54 Å². The number of rotatable bonds is 7. The van der Waals surface area contributed by atoms with Gasteiger partial charge >= 0.3 is 0 Å². The minimum Gasteiger partial charge on any atom is -0.351 e. The molecule has 2 heterocycles. The van der Waals surface area contributed by atoms with E-state index >= 15 is 0 Å². The predicted octanol–water partition coefficient (Wildman–Crippen LogP) is 4.55. The number of amides is 1. The molecular weight excluding hydrogens is 338 g/mol. The highest BCUT2D eigenvalue weighted by Crippen LogP contribution is 2.47. The van der Waals surface area contributed by atoms with Crippen LogP contribution in [0.5, 0.6) is 0 Å². The average molecular weight is 362 g/mol. The molecular formula is C18H23N3OS2. The zero-order chi connectivity index (χ0) is 16.5. The molecule has 2 aromatic heterocycles. The molecule has 0 atom stereocenters. The van der Waals surface area contributed by atoms with Gasteiger partial charge in [0, 0.05) is 16.3 Å². The predicted molar refractivity (Wildman–Crippen MR) is 99.1 cm³/mol. The molecule has 1 amide bonds. The third kappa shape index (κ3) is 3.26. The number of aromatic nitrogens is 2. The van der Waals surface area contributed by atoms with Gasteiger partial charge in [-0.15, -0.1) is 22.7 Å². The summed E-state index contributed by atoms with van der Waals surface area (Å²) in [5, 5.41) is 5.00. The lowest BCUT2D eigenvalue weighted by atomic mass is 10.2. The van der Waals surface area contributed by atoms with Crippen LogP contribution in [0.2, 0.25) is 0 Å². The van der Waals surface area contributed by atoms with Gasteiger partial charge in [0.2, 0.25) is 0 Å². The lowest BCUT2D eigenvalue weighted by Crippen LogP contribution is -2.25. The number of thiazole rings is 2. The van der Waals surface area contributed by atoms with Crippen molar-refractivity contribution in [2.45, 2.75) is 64.2 Å². The minimum atomic E-state index is -0.000370. The van der Waals surface area contributed by atoms with Gasteiger partial charge in [0.25, 0.3) is 5.91 Å². The first-order valence-corrected chi connectivity index (χ1v) is 10.7. The summed E-state index contributed by atoms with van der Waals surface area (Å²) >= 11 is 3.46. The molecule has 0 aromatic carbocycles. The fourth-order valence-electron chi connectivity index (χ4n) is 3.15. The Hall–Kier alpha value is -1.27. The van der Waals surface area contributed by atoms with Crippen molar-refractivity contribution in [3.05, 3.63) is 21.1 Å². The van der Waals surface area contributed by atoms with E-state index in [1.54, 1.807) is 22.7 Å². The van der Waals surface area contributed by atoms with Crippen LogP contribution in [0, 0.1) is 0 Å². The normalized spacial score (nSPS) is 16.4. The van der Waals surface area contributed by atoms with E-state index in [1.165, 1.54) is 41.1 Å². The average Bonchev–Trinajstić information content (AvgIpc) is 2.99. The highest BCUT2D eigenvalue weighted by molar-refractivity contribution is 7.21. The van der Waals surface area contributed by atoms with Crippen molar-refractivity contribution in [1.82, 2.24) is 15.3 Å². The molecule has 0 radical (unpaired) electrons. The van der Waals surface area contributed by atoms with Crippen LogP contribution in [0.25, 0.3) is 10.0 Å². The standard InChI is InChI=1S/C18H23N3OS2/c1-2-3-4-10-19-16(22)14-15(11-8-9-11)24-18(21-14)17-20-12-6-5-7-13(12)23-17/h11H,2-10H2,1H3,(H,19,22). The first-order chi connectivity index (χ1) is 11.8. The van der Waals surface area contributed by atoms with Crippen LogP contribution in [0.1, 0.15) is 77.3 Å². The van der Waals surface area contributed by atoms with Crippen LogP contribution in [0.3, 0.4) is 0 Å². The first-order valence-electron chi connectivity index (χ1n) is 9.04. The second-order valence-corrected chi connectivity index (χ2v) is 8.83. The van der Waals surface area contributed by atoms with Gasteiger partial charge in [0.15, 0.2) is 10.0 Å². The van der Waals surface area contributed by atoms with Crippen molar-refractivity contribution in [3.63, 3.8) is 0 Å². The summed E-state index contributed by atoms with van der Waals surface area (Å²) in [5.74, 6) is 0.541. The molecule has 2 aliphatic carbocycles. The van der Waals surface area contributed by atoms with Crippen molar-refractivity contribution >= 4 is 28.6 Å². The quantitative estimate of drug-likeness (QED) is 0.736. The molecule has 1 N–H and O–H groups in total. The van der Waals surface area contributed by atoms with Gasteiger partial charge in [-0.3, -0.25) is 4.79 Å². The summed E-state index contributed by atoms with van der Waals surface area (Å²) in [6.07, 6.45) is 9.21. The Labute approximate surface area is 150 Å². The Kier molecular flexibility index (Phi) is 4.68. The Morgan fingerprint density at radius 3 is 2.75 bits per heavy atom. The van der Waals surface area contributed by atoms with Crippen LogP contribution < -0.4 is 5.32 Å². The summed E-state index contributed by atoms with van der Waals surface area (Å²) in [4.78, 5) is 24.6. The van der Waals surface area contributed by atoms with Gasteiger partial charge in [-0.25, -0.2) is 9.97 Å². The smallest absolute Gasteiger partial charge is 0.271 e. The van der Waals surface area contributed by atoms with Crippen LogP contribution in [-0.4, -0.2) is 22.4 Å². The third-order valence-corrected chi connectivity index (χ3v) is 7.18. The summed E-state index contributed by atoms with van der Waals surface area (Å²) < 4.78 is 0. The topological polar surface area (TPSA) is 54.9 Å². The van der Waals surface area contributed by atoms with Crippen molar-refractivity contribution in [2.24, 2.45) is 0 Å². The lowest BCUT2D eigenvalue weighted by Gasteiger charge is -2.03. The zero-order valence-electron chi connectivity index (χ0n) is 14.1. The Morgan fingerprint density at radius 1 is 1.17 bits per heavy atom. The molecule has 128 valence electrons. The Morgan fingerprint density at radius 2 is 2.00 bits per heavy atom. The van der Waals surface area contributed by atoms with Gasteiger partial charge in [0.1, 0.15) is 5.69 Å². The maximum atomic E-state index is 12.6. The van der Waals surface area contributed by atoms with E-state index in [1.807, 2.05) is 0 Å². The number of fused-ring (bicyclic) bond motifs is 1. The van der Waals surface area contributed by atoms with Crippen molar-refractivity contribution < 1.29 is 4.79 Å². The molecule has 6 heteroatoms. The monoisotopic (exact) mass is 361 g/mol. The molecule has 1 fully saturated rings. The van der Waals surface area contributed by atoms with Crippen molar-refractivity contribution in [1.29, 1.82) is 0 Å².